The van der Waals surface area contributed by atoms with Crippen LogP contribution in [0, 0.1) is 0 Å². The zero-order chi connectivity index (χ0) is 15.2. The van der Waals surface area contributed by atoms with E-state index < -0.39 is 24.8 Å². The molecule has 2 nitrogen and oxygen atoms in total. The van der Waals surface area contributed by atoms with Crippen molar-refractivity contribution in [3.05, 3.63) is 35.4 Å². The van der Waals surface area contributed by atoms with Gasteiger partial charge in [-0.25, -0.2) is 8.78 Å². The van der Waals surface area contributed by atoms with E-state index >= 15 is 0 Å². The Bertz CT molecular complexity index is 408. The fraction of sp³-hybridized carbons (Fsp3) is 0.538. The van der Waals surface area contributed by atoms with E-state index in [1.54, 1.807) is 13.0 Å². The van der Waals surface area contributed by atoms with Gasteiger partial charge < -0.3 is 10.1 Å². The van der Waals surface area contributed by atoms with Crippen molar-refractivity contribution in [3.63, 3.8) is 0 Å². The largest absolute Gasteiger partial charge is 0.416 e. The van der Waals surface area contributed by atoms with Gasteiger partial charge in [0.15, 0.2) is 0 Å². The minimum atomic E-state index is -4.38. The molecule has 0 amide bonds. The Morgan fingerprint density at radius 3 is 2.55 bits per heavy atom. The van der Waals surface area contributed by atoms with Crippen LogP contribution in [0.2, 0.25) is 0 Å². The maximum absolute atomic E-state index is 12.5. The summed E-state index contributed by atoms with van der Waals surface area (Å²) in [7, 11) is 0. The maximum atomic E-state index is 12.5. The average molecular weight is 297 g/mol. The van der Waals surface area contributed by atoms with Gasteiger partial charge in [-0.15, -0.1) is 0 Å². The van der Waals surface area contributed by atoms with Gasteiger partial charge in [0.05, 0.1) is 12.2 Å². The van der Waals surface area contributed by atoms with Gasteiger partial charge in [-0.1, -0.05) is 12.1 Å². The second-order valence-corrected chi connectivity index (χ2v) is 4.27. The van der Waals surface area contributed by atoms with E-state index in [0.29, 0.717) is 5.56 Å². The third kappa shape index (κ3) is 5.83. The van der Waals surface area contributed by atoms with E-state index in [4.69, 9.17) is 0 Å². The molecule has 0 aliphatic carbocycles. The van der Waals surface area contributed by atoms with Gasteiger partial charge in [-0.3, -0.25) is 0 Å². The first-order valence-corrected chi connectivity index (χ1v) is 6.07. The number of benzene rings is 1. The number of hydrogen-bond donors (Lipinski definition) is 1. The van der Waals surface area contributed by atoms with Crippen molar-refractivity contribution in [2.75, 3.05) is 19.8 Å². The number of nitrogens with one attached hydrogen (secondary N) is 1. The lowest BCUT2D eigenvalue weighted by Crippen LogP contribution is -2.24. The molecule has 1 N–H and O–H groups in total. The Morgan fingerprint density at radius 1 is 1.25 bits per heavy atom. The molecule has 0 saturated carbocycles. The van der Waals surface area contributed by atoms with Crippen LogP contribution in [-0.4, -0.2) is 26.2 Å². The van der Waals surface area contributed by atoms with E-state index in [2.05, 4.69) is 10.1 Å². The molecule has 1 aromatic carbocycles. The monoisotopic (exact) mass is 297 g/mol. The molecule has 0 saturated heterocycles. The summed E-state index contributed by atoms with van der Waals surface area (Å²) in [5.74, 6) is 0. The Morgan fingerprint density at radius 2 is 1.95 bits per heavy atom. The summed E-state index contributed by atoms with van der Waals surface area (Å²) in [4.78, 5) is 0. The van der Waals surface area contributed by atoms with Crippen LogP contribution in [0.1, 0.15) is 24.1 Å². The second-order valence-electron chi connectivity index (χ2n) is 4.27. The van der Waals surface area contributed by atoms with E-state index in [9.17, 15) is 22.0 Å². The summed E-state index contributed by atoms with van der Waals surface area (Å²) in [5, 5.41) is 2.91. The van der Waals surface area contributed by atoms with E-state index in [0.717, 1.165) is 12.1 Å². The topological polar surface area (TPSA) is 21.3 Å². The minimum absolute atomic E-state index is 0.0770. The molecule has 0 heterocycles. The Kier molecular flexibility index (Phi) is 6.35. The van der Waals surface area contributed by atoms with Gasteiger partial charge in [0.2, 0.25) is 0 Å². The molecule has 1 rings (SSSR count). The van der Waals surface area contributed by atoms with E-state index in [1.165, 1.54) is 6.07 Å². The average Bonchev–Trinajstić information content (AvgIpc) is 2.37. The number of hydrogen-bond acceptors (Lipinski definition) is 2. The Balaban J connectivity index is 2.45. The molecule has 0 bridgehead atoms. The fourth-order valence-electron chi connectivity index (χ4n) is 1.62. The van der Waals surface area contributed by atoms with Crippen LogP contribution in [0.25, 0.3) is 0 Å². The van der Waals surface area contributed by atoms with Gasteiger partial charge in [-0.2, -0.15) is 13.2 Å². The first-order valence-electron chi connectivity index (χ1n) is 6.07. The number of halogens is 5. The lowest BCUT2D eigenvalue weighted by atomic mass is 10.0. The maximum Gasteiger partial charge on any atom is 0.416 e. The summed E-state index contributed by atoms with van der Waals surface area (Å²) in [6.07, 6.45) is -6.90. The molecule has 0 aliphatic heterocycles. The van der Waals surface area contributed by atoms with Crippen LogP contribution in [-0.2, 0) is 10.9 Å². The van der Waals surface area contributed by atoms with Crippen LogP contribution in [0.3, 0.4) is 0 Å². The first kappa shape index (κ1) is 16.8. The quantitative estimate of drug-likeness (QED) is 0.613. The smallest absolute Gasteiger partial charge is 0.374 e. The van der Waals surface area contributed by atoms with Gasteiger partial charge in [0.1, 0.15) is 6.61 Å². The molecule has 1 unspecified atom stereocenters. The molecule has 1 atom stereocenters. The van der Waals surface area contributed by atoms with Crippen molar-refractivity contribution in [3.8, 4) is 0 Å². The third-order valence-electron chi connectivity index (χ3n) is 2.65. The highest BCUT2D eigenvalue weighted by atomic mass is 19.4. The second kappa shape index (κ2) is 7.54. The van der Waals surface area contributed by atoms with Crippen molar-refractivity contribution in [2.45, 2.75) is 25.6 Å². The van der Waals surface area contributed by atoms with E-state index in [-0.39, 0.29) is 19.2 Å². The Hall–Kier alpha value is -1.21. The van der Waals surface area contributed by atoms with Gasteiger partial charge in [-0.05, 0) is 24.6 Å². The van der Waals surface area contributed by atoms with Crippen molar-refractivity contribution in [1.29, 1.82) is 0 Å². The zero-order valence-electron chi connectivity index (χ0n) is 10.9. The van der Waals surface area contributed by atoms with Crippen LogP contribution < -0.4 is 5.32 Å². The van der Waals surface area contributed by atoms with Crippen LogP contribution in [0.4, 0.5) is 22.0 Å². The number of ether oxygens (including phenoxy) is 1. The molecule has 1 aromatic rings. The SMILES string of the molecule is CC(NCCOCC(F)F)c1cccc(C(F)(F)F)c1. The Labute approximate surface area is 113 Å². The molecule has 0 radical (unpaired) electrons. The zero-order valence-corrected chi connectivity index (χ0v) is 10.9. The van der Waals surface area contributed by atoms with Gasteiger partial charge >= 0.3 is 6.18 Å². The summed E-state index contributed by atoms with van der Waals surface area (Å²) < 4.78 is 65.9. The molecule has 0 aliphatic rings. The van der Waals surface area contributed by atoms with E-state index in [1.807, 2.05) is 0 Å². The summed E-state index contributed by atoms with van der Waals surface area (Å²) in [5.41, 5.74) is -0.230. The number of alkyl halides is 5. The van der Waals surface area contributed by atoms with Crippen molar-refractivity contribution < 1.29 is 26.7 Å². The van der Waals surface area contributed by atoms with Crippen molar-refractivity contribution in [2.24, 2.45) is 0 Å². The highest BCUT2D eigenvalue weighted by Crippen LogP contribution is 2.30. The molecular formula is C13H16F5NO. The molecule has 7 heteroatoms. The van der Waals surface area contributed by atoms with Crippen molar-refractivity contribution >= 4 is 0 Å². The minimum Gasteiger partial charge on any atom is -0.374 e. The standard InChI is InChI=1S/C13H16F5NO/c1-9(19-5-6-20-8-12(14)15)10-3-2-4-11(7-10)13(16,17)18/h2-4,7,9,12,19H,5-6,8H2,1H3. The molecule has 0 spiro atoms. The first-order chi connectivity index (χ1) is 9.30. The summed E-state index contributed by atoms with van der Waals surface area (Å²) in [6.45, 7) is 1.42. The molecule has 114 valence electrons. The number of rotatable bonds is 7. The molecule has 20 heavy (non-hydrogen) atoms. The van der Waals surface area contributed by atoms with Crippen LogP contribution >= 0.6 is 0 Å². The highest BCUT2D eigenvalue weighted by molar-refractivity contribution is 5.27. The highest BCUT2D eigenvalue weighted by Gasteiger charge is 2.30. The third-order valence-corrected chi connectivity index (χ3v) is 2.65. The van der Waals surface area contributed by atoms with Crippen molar-refractivity contribution in [1.82, 2.24) is 5.32 Å². The predicted molar refractivity (Wildman–Crippen MR) is 64.7 cm³/mol. The fourth-order valence-corrected chi connectivity index (χ4v) is 1.62. The lowest BCUT2D eigenvalue weighted by molar-refractivity contribution is -0.137. The predicted octanol–water partition coefficient (Wildman–Crippen LogP) is 3.64. The lowest BCUT2D eigenvalue weighted by Gasteiger charge is -2.16. The molecule has 0 aromatic heterocycles. The molecular weight excluding hydrogens is 281 g/mol. The summed E-state index contributed by atoms with van der Waals surface area (Å²) in [6, 6.07) is 4.66. The normalized spacial score (nSPS) is 13.8. The van der Waals surface area contributed by atoms with Gasteiger partial charge in [0, 0.05) is 12.6 Å². The van der Waals surface area contributed by atoms with Crippen LogP contribution in [0.5, 0.6) is 0 Å². The van der Waals surface area contributed by atoms with Gasteiger partial charge in [0.25, 0.3) is 6.43 Å². The van der Waals surface area contributed by atoms with Crippen LogP contribution in [0.15, 0.2) is 24.3 Å². The summed E-state index contributed by atoms with van der Waals surface area (Å²) >= 11 is 0. The molecule has 0 fully saturated rings.